The van der Waals surface area contributed by atoms with Crippen LogP contribution in [0.1, 0.15) is 16.7 Å². The fourth-order valence-electron chi connectivity index (χ4n) is 2.77. The topological polar surface area (TPSA) is 32.3 Å². The van der Waals surface area contributed by atoms with Crippen molar-refractivity contribution >= 4 is 0 Å². The number of rotatable bonds is 3. The SMILES string of the molecule is Cc1ccc(C2(Cc3ccc(O)cc3)CNC2)cc1. The summed E-state index contributed by atoms with van der Waals surface area (Å²) in [4.78, 5) is 0. The Hall–Kier alpha value is -1.80. The summed E-state index contributed by atoms with van der Waals surface area (Å²) >= 11 is 0. The van der Waals surface area contributed by atoms with Crippen LogP contribution in [0.15, 0.2) is 48.5 Å². The fourth-order valence-corrected chi connectivity index (χ4v) is 2.77. The summed E-state index contributed by atoms with van der Waals surface area (Å²) in [6.45, 7) is 4.17. The first-order valence-electron chi connectivity index (χ1n) is 6.74. The summed E-state index contributed by atoms with van der Waals surface area (Å²) in [5, 5.41) is 12.8. The van der Waals surface area contributed by atoms with E-state index in [0.717, 1.165) is 19.5 Å². The van der Waals surface area contributed by atoms with Crippen molar-refractivity contribution in [3.63, 3.8) is 0 Å². The molecule has 1 aliphatic rings. The third-order valence-corrected chi connectivity index (χ3v) is 4.07. The van der Waals surface area contributed by atoms with E-state index in [-0.39, 0.29) is 5.41 Å². The van der Waals surface area contributed by atoms with Gasteiger partial charge in [0, 0.05) is 18.5 Å². The van der Waals surface area contributed by atoms with Crippen LogP contribution in [0.5, 0.6) is 5.75 Å². The van der Waals surface area contributed by atoms with E-state index in [4.69, 9.17) is 0 Å². The van der Waals surface area contributed by atoms with Crippen molar-refractivity contribution in [1.82, 2.24) is 5.32 Å². The molecule has 2 aromatic carbocycles. The maximum atomic E-state index is 9.36. The number of benzene rings is 2. The second-order valence-corrected chi connectivity index (χ2v) is 5.59. The number of aromatic hydroxyl groups is 1. The summed E-state index contributed by atoms with van der Waals surface area (Å²) < 4.78 is 0. The first-order valence-corrected chi connectivity index (χ1v) is 6.74. The zero-order chi connectivity index (χ0) is 13.3. The molecule has 19 heavy (non-hydrogen) atoms. The highest BCUT2D eigenvalue weighted by molar-refractivity contribution is 5.36. The van der Waals surface area contributed by atoms with Crippen LogP contribution in [-0.4, -0.2) is 18.2 Å². The first kappa shape index (κ1) is 12.2. The van der Waals surface area contributed by atoms with Gasteiger partial charge in [0.05, 0.1) is 0 Å². The maximum absolute atomic E-state index is 9.36. The zero-order valence-corrected chi connectivity index (χ0v) is 11.2. The van der Waals surface area contributed by atoms with Gasteiger partial charge in [-0.2, -0.15) is 0 Å². The molecule has 2 N–H and O–H groups in total. The van der Waals surface area contributed by atoms with Crippen molar-refractivity contribution in [2.24, 2.45) is 0 Å². The lowest BCUT2D eigenvalue weighted by Crippen LogP contribution is -2.58. The average Bonchev–Trinajstić information content (AvgIpc) is 2.37. The second-order valence-electron chi connectivity index (χ2n) is 5.59. The Morgan fingerprint density at radius 3 is 2.16 bits per heavy atom. The van der Waals surface area contributed by atoms with Crippen molar-refractivity contribution in [2.45, 2.75) is 18.8 Å². The van der Waals surface area contributed by atoms with E-state index in [9.17, 15) is 5.11 Å². The summed E-state index contributed by atoms with van der Waals surface area (Å²) in [5.41, 5.74) is 4.20. The number of phenols is 1. The van der Waals surface area contributed by atoms with Crippen molar-refractivity contribution < 1.29 is 5.11 Å². The molecule has 2 heteroatoms. The molecule has 0 aliphatic carbocycles. The third-order valence-electron chi connectivity index (χ3n) is 4.07. The van der Waals surface area contributed by atoms with Gasteiger partial charge < -0.3 is 10.4 Å². The molecule has 0 radical (unpaired) electrons. The molecule has 1 saturated heterocycles. The van der Waals surface area contributed by atoms with Crippen molar-refractivity contribution in [3.05, 3.63) is 65.2 Å². The van der Waals surface area contributed by atoms with E-state index in [1.54, 1.807) is 12.1 Å². The third kappa shape index (κ3) is 2.36. The molecule has 0 amide bonds. The van der Waals surface area contributed by atoms with E-state index in [2.05, 4.69) is 36.5 Å². The lowest BCUT2D eigenvalue weighted by atomic mass is 9.71. The predicted octanol–water partition coefficient (Wildman–Crippen LogP) is 2.78. The molecule has 0 bridgehead atoms. The molecule has 0 aromatic heterocycles. The van der Waals surface area contributed by atoms with Gasteiger partial charge in [0.1, 0.15) is 5.75 Å². The minimum Gasteiger partial charge on any atom is -0.508 e. The lowest BCUT2D eigenvalue weighted by Gasteiger charge is -2.43. The van der Waals surface area contributed by atoms with Crippen LogP contribution < -0.4 is 5.32 Å². The number of hydrogen-bond donors (Lipinski definition) is 2. The first-order chi connectivity index (χ1) is 9.18. The minimum atomic E-state index is 0.213. The fraction of sp³-hybridized carbons (Fsp3) is 0.294. The van der Waals surface area contributed by atoms with Crippen molar-refractivity contribution in [2.75, 3.05) is 13.1 Å². The molecular formula is C17H19NO. The molecule has 0 saturated carbocycles. The van der Waals surface area contributed by atoms with Crippen LogP contribution in [0, 0.1) is 6.92 Å². The molecule has 0 unspecified atom stereocenters. The van der Waals surface area contributed by atoms with Crippen LogP contribution in [0.3, 0.4) is 0 Å². The summed E-state index contributed by atoms with van der Waals surface area (Å²) in [6.07, 6.45) is 1.02. The van der Waals surface area contributed by atoms with Crippen LogP contribution in [-0.2, 0) is 11.8 Å². The minimum absolute atomic E-state index is 0.213. The highest BCUT2D eigenvalue weighted by atomic mass is 16.3. The van der Waals surface area contributed by atoms with E-state index in [1.165, 1.54) is 16.7 Å². The monoisotopic (exact) mass is 253 g/mol. The Labute approximate surface area is 114 Å². The van der Waals surface area contributed by atoms with Gasteiger partial charge in [0.2, 0.25) is 0 Å². The van der Waals surface area contributed by atoms with Gasteiger partial charge >= 0.3 is 0 Å². The van der Waals surface area contributed by atoms with E-state index >= 15 is 0 Å². The van der Waals surface area contributed by atoms with Crippen LogP contribution in [0.4, 0.5) is 0 Å². The quantitative estimate of drug-likeness (QED) is 0.881. The van der Waals surface area contributed by atoms with Crippen LogP contribution in [0.2, 0.25) is 0 Å². The number of phenolic OH excluding ortho intramolecular Hbond substituents is 1. The summed E-state index contributed by atoms with van der Waals surface area (Å²) in [6, 6.07) is 16.4. The highest BCUT2D eigenvalue weighted by Gasteiger charge is 2.38. The molecule has 1 heterocycles. The Kier molecular flexibility index (Phi) is 3.03. The molecule has 1 fully saturated rings. The number of nitrogens with one attached hydrogen (secondary N) is 1. The van der Waals surface area contributed by atoms with Crippen LogP contribution in [0.25, 0.3) is 0 Å². The van der Waals surface area contributed by atoms with Gasteiger partial charge in [-0.25, -0.2) is 0 Å². The Balaban J connectivity index is 1.87. The normalized spacial score (nSPS) is 16.9. The molecule has 98 valence electrons. The largest absolute Gasteiger partial charge is 0.508 e. The maximum Gasteiger partial charge on any atom is 0.115 e. The number of hydrogen-bond acceptors (Lipinski definition) is 2. The molecule has 0 spiro atoms. The van der Waals surface area contributed by atoms with Crippen LogP contribution >= 0.6 is 0 Å². The molecular weight excluding hydrogens is 234 g/mol. The standard InChI is InChI=1S/C17H19NO/c1-13-2-6-15(7-3-13)17(11-18-12-17)10-14-4-8-16(19)9-5-14/h2-9,18-19H,10-12H2,1H3. The van der Waals surface area contributed by atoms with Gasteiger partial charge in [-0.05, 0) is 36.6 Å². The van der Waals surface area contributed by atoms with E-state index < -0.39 is 0 Å². The van der Waals surface area contributed by atoms with Gasteiger partial charge in [-0.15, -0.1) is 0 Å². The number of aryl methyl sites for hydroxylation is 1. The molecule has 2 aromatic rings. The Bertz CT molecular complexity index is 553. The van der Waals surface area contributed by atoms with E-state index in [0.29, 0.717) is 5.75 Å². The van der Waals surface area contributed by atoms with E-state index in [1.807, 2.05) is 12.1 Å². The second kappa shape index (κ2) is 4.71. The molecule has 1 aliphatic heterocycles. The lowest BCUT2D eigenvalue weighted by molar-refractivity contribution is 0.274. The summed E-state index contributed by atoms with van der Waals surface area (Å²) in [5.74, 6) is 0.333. The smallest absolute Gasteiger partial charge is 0.115 e. The summed E-state index contributed by atoms with van der Waals surface area (Å²) in [7, 11) is 0. The Morgan fingerprint density at radius 2 is 1.63 bits per heavy atom. The van der Waals surface area contributed by atoms with Gasteiger partial charge in [-0.3, -0.25) is 0 Å². The Morgan fingerprint density at radius 1 is 1.00 bits per heavy atom. The van der Waals surface area contributed by atoms with Gasteiger partial charge in [-0.1, -0.05) is 42.0 Å². The molecule has 0 atom stereocenters. The van der Waals surface area contributed by atoms with Crippen molar-refractivity contribution in [3.8, 4) is 5.75 Å². The van der Waals surface area contributed by atoms with Gasteiger partial charge in [0.15, 0.2) is 0 Å². The highest BCUT2D eigenvalue weighted by Crippen LogP contribution is 2.33. The average molecular weight is 253 g/mol. The molecule has 3 rings (SSSR count). The van der Waals surface area contributed by atoms with Gasteiger partial charge in [0.25, 0.3) is 0 Å². The molecule has 2 nitrogen and oxygen atoms in total. The zero-order valence-electron chi connectivity index (χ0n) is 11.2. The van der Waals surface area contributed by atoms with Crippen molar-refractivity contribution in [1.29, 1.82) is 0 Å². The predicted molar refractivity (Wildman–Crippen MR) is 77.5 cm³/mol.